The van der Waals surface area contributed by atoms with Crippen LogP contribution in [0, 0.1) is 0 Å². The monoisotopic (exact) mass is 227 g/mol. The maximum absolute atomic E-state index is 4.28. The third-order valence-electron chi connectivity index (χ3n) is 3.45. The maximum atomic E-state index is 4.28. The lowest BCUT2D eigenvalue weighted by atomic mass is 9.90. The molecule has 3 nitrogen and oxygen atoms in total. The van der Waals surface area contributed by atoms with Gasteiger partial charge >= 0.3 is 0 Å². The lowest BCUT2D eigenvalue weighted by molar-refractivity contribution is 0.460. The number of hydrogen-bond acceptors (Lipinski definition) is 2. The van der Waals surface area contributed by atoms with Crippen LogP contribution in [-0.4, -0.2) is 22.9 Å². The predicted molar refractivity (Wildman–Crippen MR) is 68.4 cm³/mol. The highest BCUT2D eigenvalue weighted by Gasteiger charge is 2.15. The molecular formula is C14H17N3. The van der Waals surface area contributed by atoms with E-state index in [2.05, 4.69) is 34.7 Å². The Morgan fingerprint density at radius 1 is 1.18 bits per heavy atom. The van der Waals surface area contributed by atoms with Gasteiger partial charge in [-0.15, -0.1) is 0 Å². The lowest BCUT2D eigenvalue weighted by Gasteiger charge is -2.23. The molecule has 2 aromatic rings. The fraction of sp³-hybridized carbons (Fsp3) is 0.357. The fourth-order valence-corrected chi connectivity index (χ4v) is 2.50. The minimum Gasteiger partial charge on any atom is -0.317 e. The second-order valence-electron chi connectivity index (χ2n) is 4.57. The summed E-state index contributed by atoms with van der Waals surface area (Å²) >= 11 is 0. The molecule has 1 saturated heterocycles. The van der Waals surface area contributed by atoms with Gasteiger partial charge in [0.1, 0.15) is 0 Å². The van der Waals surface area contributed by atoms with Crippen LogP contribution in [0.25, 0.3) is 5.69 Å². The Morgan fingerprint density at radius 2 is 2.06 bits per heavy atom. The molecule has 1 aliphatic heterocycles. The third-order valence-corrected chi connectivity index (χ3v) is 3.45. The van der Waals surface area contributed by atoms with Crippen LogP contribution in [0.5, 0.6) is 0 Å². The van der Waals surface area contributed by atoms with Crippen LogP contribution < -0.4 is 5.32 Å². The summed E-state index contributed by atoms with van der Waals surface area (Å²) in [6.45, 7) is 2.27. The van der Waals surface area contributed by atoms with Gasteiger partial charge < -0.3 is 5.32 Å². The molecule has 0 saturated carbocycles. The molecule has 0 amide bonds. The van der Waals surface area contributed by atoms with E-state index in [0.29, 0.717) is 5.92 Å². The Labute approximate surface area is 101 Å². The van der Waals surface area contributed by atoms with E-state index in [1.165, 1.54) is 18.4 Å². The molecular weight excluding hydrogens is 210 g/mol. The lowest BCUT2D eigenvalue weighted by Crippen LogP contribution is -2.26. The highest BCUT2D eigenvalue weighted by Crippen LogP contribution is 2.26. The average molecular weight is 227 g/mol. The molecule has 0 aliphatic carbocycles. The van der Waals surface area contributed by atoms with Gasteiger partial charge in [-0.1, -0.05) is 12.1 Å². The van der Waals surface area contributed by atoms with Crippen molar-refractivity contribution in [3.8, 4) is 5.69 Å². The second kappa shape index (κ2) is 4.72. The van der Waals surface area contributed by atoms with Crippen molar-refractivity contribution in [2.24, 2.45) is 0 Å². The number of benzene rings is 1. The van der Waals surface area contributed by atoms with Crippen molar-refractivity contribution < 1.29 is 0 Å². The highest BCUT2D eigenvalue weighted by atomic mass is 15.3. The van der Waals surface area contributed by atoms with Crippen LogP contribution in [-0.2, 0) is 0 Å². The van der Waals surface area contributed by atoms with Crippen LogP contribution in [0.1, 0.15) is 24.3 Å². The Bertz CT molecular complexity index is 470. The molecule has 2 heterocycles. The van der Waals surface area contributed by atoms with Crippen LogP contribution in [0.15, 0.2) is 42.7 Å². The van der Waals surface area contributed by atoms with Gasteiger partial charge in [0.15, 0.2) is 0 Å². The van der Waals surface area contributed by atoms with Crippen LogP contribution in [0.3, 0.4) is 0 Å². The van der Waals surface area contributed by atoms with Gasteiger partial charge in [-0.05, 0) is 55.6 Å². The summed E-state index contributed by atoms with van der Waals surface area (Å²) in [5, 5.41) is 7.69. The standard InChI is InChI=1S/C14H17N3/c1-3-13(12-5-8-15-9-6-12)11-14(4-1)17-10-2-7-16-17/h1-4,7,10-12,15H,5-6,8-9H2. The minimum absolute atomic E-state index is 0.701. The average Bonchev–Trinajstić information content (AvgIpc) is 2.94. The molecule has 1 aromatic carbocycles. The summed E-state index contributed by atoms with van der Waals surface area (Å²) < 4.78 is 1.92. The summed E-state index contributed by atoms with van der Waals surface area (Å²) in [4.78, 5) is 0. The summed E-state index contributed by atoms with van der Waals surface area (Å²) in [6, 6.07) is 10.7. The fourth-order valence-electron chi connectivity index (χ4n) is 2.50. The molecule has 0 atom stereocenters. The van der Waals surface area contributed by atoms with Crippen molar-refractivity contribution in [2.75, 3.05) is 13.1 Å². The maximum Gasteiger partial charge on any atom is 0.0648 e. The predicted octanol–water partition coefficient (Wildman–Crippen LogP) is 2.34. The van der Waals surface area contributed by atoms with Crippen molar-refractivity contribution >= 4 is 0 Å². The van der Waals surface area contributed by atoms with Crippen molar-refractivity contribution in [1.29, 1.82) is 0 Å². The smallest absolute Gasteiger partial charge is 0.0648 e. The first-order chi connectivity index (χ1) is 8.43. The first kappa shape index (κ1) is 10.5. The molecule has 1 aliphatic rings. The van der Waals surface area contributed by atoms with E-state index in [9.17, 15) is 0 Å². The molecule has 88 valence electrons. The quantitative estimate of drug-likeness (QED) is 0.853. The molecule has 1 N–H and O–H groups in total. The Hall–Kier alpha value is -1.61. The van der Waals surface area contributed by atoms with E-state index in [0.717, 1.165) is 18.8 Å². The number of aromatic nitrogens is 2. The van der Waals surface area contributed by atoms with E-state index >= 15 is 0 Å². The second-order valence-corrected chi connectivity index (χ2v) is 4.57. The van der Waals surface area contributed by atoms with Gasteiger partial charge in [-0.2, -0.15) is 5.10 Å². The van der Waals surface area contributed by atoms with Gasteiger partial charge in [-0.25, -0.2) is 4.68 Å². The van der Waals surface area contributed by atoms with Crippen molar-refractivity contribution in [3.05, 3.63) is 48.3 Å². The number of piperidine rings is 1. The third kappa shape index (κ3) is 2.24. The zero-order chi connectivity index (χ0) is 11.5. The molecule has 0 radical (unpaired) electrons. The molecule has 3 rings (SSSR count). The molecule has 17 heavy (non-hydrogen) atoms. The van der Waals surface area contributed by atoms with Gasteiger partial charge in [-0.3, -0.25) is 0 Å². The normalized spacial score (nSPS) is 17.2. The number of nitrogens with zero attached hydrogens (tertiary/aromatic N) is 2. The topological polar surface area (TPSA) is 29.9 Å². The Balaban J connectivity index is 1.88. The van der Waals surface area contributed by atoms with Crippen LogP contribution >= 0.6 is 0 Å². The zero-order valence-electron chi connectivity index (χ0n) is 9.84. The Morgan fingerprint density at radius 3 is 2.82 bits per heavy atom. The Kier molecular flexibility index (Phi) is 2.92. The first-order valence-corrected chi connectivity index (χ1v) is 6.24. The first-order valence-electron chi connectivity index (χ1n) is 6.24. The zero-order valence-corrected chi connectivity index (χ0v) is 9.84. The summed E-state index contributed by atoms with van der Waals surface area (Å²) in [6.07, 6.45) is 6.28. The van der Waals surface area contributed by atoms with E-state index in [1.807, 2.05) is 23.1 Å². The molecule has 3 heteroatoms. The van der Waals surface area contributed by atoms with E-state index in [1.54, 1.807) is 0 Å². The van der Waals surface area contributed by atoms with Gasteiger partial charge in [0.25, 0.3) is 0 Å². The van der Waals surface area contributed by atoms with Crippen molar-refractivity contribution in [3.63, 3.8) is 0 Å². The number of rotatable bonds is 2. The van der Waals surface area contributed by atoms with E-state index in [-0.39, 0.29) is 0 Å². The highest BCUT2D eigenvalue weighted by molar-refractivity contribution is 5.36. The minimum atomic E-state index is 0.701. The molecule has 0 bridgehead atoms. The molecule has 0 spiro atoms. The molecule has 1 fully saturated rings. The summed E-state index contributed by atoms with van der Waals surface area (Å²) in [5.74, 6) is 0.701. The number of hydrogen-bond donors (Lipinski definition) is 1. The van der Waals surface area contributed by atoms with Gasteiger partial charge in [0, 0.05) is 12.4 Å². The molecule has 1 aromatic heterocycles. The van der Waals surface area contributed by atoms with Crippen LogP contribution in [0.2, 0.25) is 0 Å². The largest absolute Gasteiger partial charge is 0.317 e. The van der Waals surface area contributed by atoms with E-state index in [4.69, 9.17) is 0 Å². The SMILES string of the molecule is c1cc(C2CCNCC2)cc(-n2cccn2)c1. The van der Waals surface area contributed by atoms with Crippen molar-refractivity contribution in [1.82, 2.24) is 15.1 Å². The summed E-state index contributed by atoms with van der Waals surface area (Å²) in [5.41, 5.74) is 2.60. The van der Waals surface area contributed by atoms with Gasteiger partial charge in [0.2, 0.25) is 0 Å². The molecule has 0 unspecified atom stereocenters. The summed E-state index contributed by atoms with van der Waals surface area (Å²) in [7, 11) is 0. The van der Waals surface area contributed by atoms with Gasteiger partial charge in [0.05, 0.1) is 5.69 Å². The van der Waals surface area contributed by atoms with E-state index < -0.39 is 0 Å². The van der Waals surface area contributed by atoms with Crippen LogP contribution in [0.4, 0.5) is 0 Å². The van der Waals surface area contributed by atoms with Crippen molar-refractivity contribution in [2.45, 2.75) is 18.8 Å². The number of nitrogens with one attached hydrogen (secondary N) is 1.